The maximum Gasteiger partial charge on any atom is 0.295 e. The Morgan fingerprint density at radius 3 is 2.88 bits per heavy atom. The van der Waals surface area contributed by atoms with Crippen molar-refractivity contribution >= 4 is 34.0 Å². The lowest BCUT2D eigenvalue weighted by Crippen LogP contribution is -2.19. The molecule has 3 aromatic rings. The van der Waals surface area contributed by atoms with Gasteiger partial charge in [0.25, 0.3) is 11.1 Å². The van der Waals surface area contributed by atoms with Gasteiger partial charge in [-0.1, -0.05) is 16.7 Å². The van der Waals surface area contributed by atoms with Crippen molar-refractivity contribution in [1.82, 2.24) is 20.2 Å². The summed E-state index contributed by atoms with van der Waals surface area (Å²) in [4.78, 5) is 21.4. The number of aryl methyl sites for hydroxylation is 1. The Balaban J connectivity index is 1.52. The van der Waals surface area contributed by atoms with Crippen molar-refractivity contribution in [3.05, 3.63) is 40.9 Å². The molecule has 9 nitrogen and oxygen atoms in total. The van der Waals surface area contributed by atoms with Crippen LogP contribution in [0, 0.1) is 12.8 Å². The minimum atomic E-state index is -0.386. The Labute approximate surface area is 194 Å². The summed E-state index contributed by atoms with van der Waals surface area (Å²) in [6, 6.07) is 3.44. The molecule has 1 amide bonds. The van der Waals surface area contributed by atoms with Gasteiger partial charge in [0.15, 0.2) is 0 Å². The van der Waals surface area contributed by atoms with Gasteiger partial charge in [-0.2, -0.15) is 0 Å². The molecule has 4 heterocycles. The van der Waals surface area contributed by atoms with Crippen molar-refractivity contribution in [3.63, 3.8) is 0 Å². The molecule has 32 heavy (non-hydrogen) atoms. The number of nitrogens with zero attached hydrogens (tertiary/aromatic N) is 4. The maximum atomic E-state index is 13.1. The number of hydrogen-bond donors (Lipinski definition) is 1. The van der Waals surface area contributed by atoms with Crippen molar-refractivity contribution in [2.75, 3.05) is 25.6 Å². The van der Waals surface area contributed by atoms with E-state index >= 15 is 0 Å². The Hall–Kier alpha value is -2.82. The lowest BCUT2D eigenvalue weighted by atomic mass is 10.0. The molecule has 0 aliphatic carbocycles. The van der Waals surface area contributed by atoms with Crippen LogP contribution in [0.15, 0.2) is 24.5 Å². The second-order valence-electron chi connectivity index (χ2n) is 7.34. The van der Waals surface area contributed by atoms with Gasteiger partial charge in [0, 0.05) is 35.5 Å². The van der Waals surface area contributed by atoms with Gasteiger partial charge < -0.3 is 14.2 Å². The SMILES string of the molecule is COc1cnc(Cl)cc1-c1cc(C)ncc1C(=O)Nc1nnc(OC[C@H]2CCO[C@@H]2C)s1. The molecule has 0 saturated carbocycles. The smallest absolute Gasteiger partial charge is 0.295 e. The molecular formula is C21H22ClN5O4S. The van der Waals surface area contributed by atoms with E-state index in [0.717, 1.165) is 30.1 Å². The minimum Gasteiger partial charge on any atom is -0.494 e. The lowest BCUT2D eigenvalue weighted by molar-refractivity contribution is 0.0903. The van der Waals surface area contributed by atoms with Crippen LogP contribution < -0.4 is 14.8 Å². The number of carbonyl (C=O) groups excluding carboxylic acids is 1. The van der Waals surface area contributed by atoms with Gasteiger partial charge in [-0.3, -0.25) is 15.1 Å². The van der Waals surface area contributed by atoms with Crippen molar-refractivity contribution in [2.24, 2.45) is 5.92 Å². The molecule has 1 N–H and O–H groups in total. The molecule has 11 heteroatoms. The van der Waals surface area contributed by atoms with Gasteiger partial charge in [-0.25, -0.2) is 4.98 Å². The zero-order valence-electron chi connectivity index (χ0n) is 17.8. The summed E-state index contributed by atoms with van der Waals surface area (Å²) >= 11 is 7.25. The molecule has 0 spiro atoms. The van der Waals surface area contributed by atoms with Gasteiger partial charge in [0.2, 0.25) is 5.13 Å². The normalized spacial score (nSPS) is 17.9. The third-order valence-corrected chi connectivity index (χ3v) is 6.17. The van der Waals surface area contributed by atoms with E-state index < -0.39 is 0 Å². The van der Waals surface area contributed by atoms with E-state index in [-0.39, 0.29) is 17.2 Å². The van der Waals surface area contributed by atoms with E-state index in [1.165, 1.54) is 19.5 Å². The largest absolute Gasteiger partial charge is 0.494 e. The number of aromatic nitrogens is 4. The number of nitrogens with one attached hydrogen (secondary N) is 1. The second-order valence-corrected chi connectivity index (χ2v) is 8.67. The highest BCUT2D eigenvalue weighted by Gasteiger charge is 2.25. The molecule has 1 aliphatic heterocycles. The van der Waals surface area contributed by atoms with E-state index in [4.69, 9.17) is 25.8 Å². The van der Waals surface area contributed by atoms with E-state index in [1.807, 2.05) is 13.8 Å². The number of methoxy groups -OCH3 is 1. The Morgan fingerprint density at radius 1 is 1.28 bits per heavy atom. The summed E-state index contributed by atoms with van der Waals surface area (Å²) in [5.74, 6) is 0.425. The van der Waals surface area contributed by atoms with E-state index in [1.54, 1.807) is 12.1 Å². The highest BCUT2D eigenvalue weighted by atomic mass is 35.5. The first kappa shape index (κ1) is 22.4. The van der Waals surface area contributed by atoms with Crippen LogP contribution in [0.4, 0.5) is 5.13 Å². The molecule has 1 aliphatic rings. The lowest BCUT2D eigenvalue weighted by Gasteiger charge is -2.13. The van der Waals surface area contributed by atoms with Gasteiger partial charge in [0.05, 0.1) is 31.6 Å². The van der Waals surface area contributed by atoms with Crippen molar-refractivity contribution in [3.8, 4) is 22.1 Å². The maximum absolute atomic E-state index is 13.1. The summed E-state index contributed by atoms with van der Waals surface area (Å²) in [5.41, 5.74) is 2.33. The standard InChI is InChI=1S/C21H22ClN5O4S/c1-11-6-14(15-7-18(22)24-9-17(15)29-3)16(8-23-11)19(28)25-20-26-27-21(32-20)31-10-13-4-5-30-12(13)2/h6-9,12-13H,4-5,10H2,1-3H3,(H,25,26,28)/t12-,13-/m1/s1. The van der Waals surface area contributed by atoms with Gasteiger partial charge in [-0.05, 0) is 43.7 Å². The van der Waals surface area contributed by atoms with E-state index in [9.17, 15) is 4.79 Å². The third-order valence-electron chi connectivity index (χ3n) is 5.21. The van der Waals surface area contributed by atoms with Crippen LogP contribution >= 0.6 is 22.9 Å². The Bertz CT molecular complexity index is 1130. The van der Waals surface area contributed by atoms with Crippen molar-refractivity contribution in [2.45, 2.75) is 26.4 Å². The number of carbonyl (C=O) groups is 1. The summed E-state index contributed by atoms with van der Waals surface area (Å²) < 4.78 is 16.7. The number of hydrogen-bond acceptors (Lipinski definition) is 9. The number of ether oxygens (including phenoxy) is 3. The average Bonchev–Trinajstić information content (AvgIpc) is 3.40. The molecule has 2 atom stereocenters. The number of amides is 1. The quantitative estimate of drug-likeness (QED) is 0.510. The van der Waals surface area contributed by atoms with Gasteiger partial charge in [0.1, 0.15) is 10.9 Å². The van der Waals surface area contributed by atoms with E-state index in [0.29, 0.717) is 45.3 Å². The first-order chi connectivity index (χ1) is 15.4. The second kappa shape index (κ2) is 9.76. The number of anilines is 1. The van der Waals surface area contributed by atoms with Crippen LogP contribution in [0.2, 0.25) is 5.15 Å². The van der Waals surface area contributed by atoms with Crippen molar-refractivity contribution < 1.29 is 19.0 Å². The van der Waals surface area contributed by atoms with Gasteiger partial charge in [-0.15, -0.1) is 5.10 Å². The molecule has 1 saturated heterocycles. The molecule has 0 unspecified atom stereocenters. The molecular weight excluding hydrogens is 454 g/mol. The van der Waals surface area contributed by atoms with Crippen LogP contribution in [-0.4, -0.2) is 52.5 Å². The monoisotopic (exact) mass is 475 g/mol. The summed E-state index contributed by atoms with van der Waals surface area (Å²) in [7, 11) is 1.53. The number of halogens is 1. The van der Waals surface area contributed by atoms with Crippen molar-refractivity contribution in [1.29, 1.82) is 0 Å². The zero-order valence-corrected chi connectivity index (χ0v) is 19.4. The van der Waals surface area contributed by atoms with Crippen LogP contribution in [0.1, 0.15) is 29.4 Å². The molecule has 0 bridgehead atoms. The van der Waals surface area contributed by atoms with E-state index in [2.05, 4.69) is 25.5 Å². The fraction of sp³-hybridized carbons (Fsp3) is 0.381. The molecule has 0 radical (unpaired) electrons. The summed E-state index contributed by atoms with van der Waals surface area (Å²) in [6.45, 7) is 5.11. The Kier molecular flexibility index (Phi) is 6.83. The highest BCUT2D eigenvalue weighted by molar-refractivity contribution is 7.17. The minimum absolute atomic E-state index is 0.160. The molecule has 4 rings (SSSR count). The fourth-order valence-corrected chi connectivity index (χ4v) is 4.17. The highest BCUT2D eigenvalue weighted by Crippen LogP contribution is 2.34. The van der Waals surface area contributed by atoms with Crippen LogP contribution in [0.5, 0.6) is 10.9 Å². The van der Waals surface area contributed by atoms with Gasteiger partial charge >= 0.3 is 0 Å². The predicted octanol–water partition coefficient (Wildman–Crippen LogP) is 4.02. The summed E-state index contributed by atoms with van der Waals surface area (Å²) in [6.07, 6.45) is 4.14. The predicted molar refractivity (Wildman–Crippen MR) is 121 cm³/mol. The molecule has 168 valence electrons. The molecule has 3 aromatic heterocycles. The van der Waals surface area contributed by atoms with Crippen LogP contribution in [0.25, 0.3) is 11.1 Å². The van der Waals surface area contributed by atoms with Crippen LogP contribution in [-0.2, 0) is 4.74 Å². The summed E-state index contributed by atoms with van der Waals surface area (Å²) in [5, 5.41) is 11.8. The first-order valence-corrected chi connectivity index (χ1v) is 11.2. The topological polar surface area (TPSA) is 108 Å². The average molecular weight is 476 g/mol. The molecule has 1 fully saturated rings. The third kappa shape index (κ3) is 4.98. The Morgan fingerprint density at radius 2 is 2.12 bits per heavy atom. The zero-order chi connectivity index (χ0) is 22.7. The van der Waals surface area contributed by atoms with Crippen LogP contribution in [0.3, 0.4) is 0 Å². The number of rotatable bonds is 7. The number of pyridine rings is 2. The first-order valence-electron chi connectivity index (χ1n) is 10.0. The fourth-order valence-electron chi connectivity index (χ4n) is 3.41. The molecule has 0 aromatic carbocycles.